The summed E-state index contributed by atoms with van der Waals surface area (Å²) in [5.74, 6) is -0.433. The molecule has 3 nitrogen and oxygen atoms in total. The van der Waals surface area contributed by atoms with Gasteiger partial charge in [-0.1, -0.05) is 0 Å². The lowest BCUT2D eigenvalue weighted by Gasteiger charge is -2.32. The van der Waals surface area contributed by atoms with E-state index in [-0.39, 0.29) is 11.7 Å². The van der Waals surface area contributed by atoms with E-state index in [1.54, 1.807) is 17.9 Å². The van der Waals surface area contributed by atoms with Crippen LogP contribution >= 0.6 is 0 Å². The summed E-state index contributed by atoms with van der Waals surface area (Å²) in [5, 5.41) is 3.27. The van der Waals surface area contributed by atoms with E-state index in [0.717, 1.165) is 12.1 Å². The van der Waals surface area contributed by atoms with E-state index >= 15 is 0 Å². The molecule has 1 N–H and O–H groups in total. The Bertz CT molecular complexity index is 413. The smallest absolute Gasteiger partial charge is 0.254 e. The van der Waals surface area contributed by atoms with Crippen molar-refractivity contribution in [2.45, 2.75) is 19.9 Å². The molecule has 0 bridgehead atoms. The van der Waals surface area contributed by atoms with E-state index in [9.17, 15) is 9.18 Å². The standard InChI is InChI=1S/C13H17FN2O/c1-9-5-11(7-12(14)6-9)13(17)16-4-3-15-10(2)8-16/h5-7,10,15H,3-4,8H2,1-2H3. The van der Waals surface area contributed by atoms with Crippen LogP contribution in [0.1, 0.15) is 22.8 Å². The van der Waals surface area contributed by atoms with Gasteiger partial charge in [-0.05, 0) is 37.6 Å². The Morgan fingerprint density at radius 1 is 1.47 bits per heavy atom. The summed E-state index contributed by atoms with van der Waals surface area (Å²) in [7, 11) is 0. The fourth-order valence-electron chi connectivity index (χ4n) is 2.16. The highest BCUT2D eigenvalue weighted by molar-refractivity contribution is 5.94. The third-order valence-electron chi connectivity index (χ3n) is 2.95. The second kappa shape index (κ2) is 4.84. The van der Waals surface area contributed by atoms with E-state index in [2.05, 4.69) is 5.32 Å². The van der Waals surface area contributed by atoms with Gasteiger partial charge in [-0.3, -0.25) is 4.79 Å². The van der Waals surface area contributed by atoms with Gasteiger partial charge in [0.25, 0.3) is 5.91 Å². The number of piperazine rings is 1. The highest BCUT2D eigenvalue weighted by Crippen LogP contribution is 2.12. The maximum atomic E-state index is 13.2. The molecular formula is C13H17FN2O. The highest BCUT2D eigenvalue weighted by atomic mass is 19.1. The average Bonchev–Trinajstić information content (AvgIpc) is 2.26. The molecule has 17 heavy (non-hydrogen) atoms. The van der Waals surface area contributed by atoms with Gasteiger partial charge in [0.2, 0.25) is 0 Å². The van der Waals surface area contributed by atoms with E-state index in [0.29, 0.717) is 24.7 Å². The predicted octanol–water partition coefficient (Wildman–Crippen LogP) is 1.57. The molecule has 0 spiro atoms. The molecule has 1 aliphatic heterocycles. The summed E-state index contributed by atoms with van der Waals surface area (Å²) in [6.07, 6.45) is 0. The molecule has 1 heterocycles. The fraction of sp³-hybridized carbons (Fsp3) is 0.462. The van der Waals surface area contributed by atoms with Crippen LogP contribution in [-0.2, 0) is 0 Å². The monoisotopic (exact) mass is 236 g/mol. The number of halogens is 1. The van der Waals surface area contributed by atoms with Crippen molar-refractivity contribution in [3.05, 3.63) is 35.1 Å². The maximum Gasteiger partial charge on any atom is 0.254 e. The quantitative estimate of drug-likeness (QED) is 0.802. The Balaban J connectivity index is 2.18. The first-order valence-electron chi connectivity index (χ1n) is 5.86. The number of hydrogen-bond acceptors (Lipinski definition) is 2. The van der Waals surface area contributed by atoms with Gasteiger partial charge in [0.1, 0.15) is 5.82 Å². The Morgan fingerprint density at radius 3 is 2.88 bits per heavy atom. The minimum absolute atomic E-state index is 0.0825. The largest absolute Gasteiger partial charge is 0.336 e. The maximum absolute atomic E-state index is 13.2. The zero-order valence-corrected chi connectivity index (χ0v) is 10.2. The van der Waals surface area contributed by atoms with Crippen molar-refractivity contribution in [1.82, 2.24) is 10.2 Å². The molecule has 0 aliphatic carbocycles. The van der Waals surface area contributed by atoms with Crippen LogP contribution in [0.4, 0.5) is 4.39 Å². The van der Waals surface area contributed by atoms with Crippen LogP contribution in [-0.4, -0.2) is 36.5 Å². The fourth-order valence-corrected chi connectivity index (χ4v) is 2.16. The summed E-state index contributed by atoms with van der Waals surface area (Å²) in [6, 6.07) is 4.76. The molecule has 1 atom stereocenters. The summed E-state index contributed by atoms with van der Waals surface area (Å²) in [4.78, 5) is 14.0. The Kier molecular flexibility index (Phi) is 3.43. The molecule has 1 amide bonds. The van der Waals surface area contributed by atoms with Crippen LogP contribution in [0.15, 0.2) is 18.2 Å². The number of carbonyl (C=O) groups excluding carboxylic acids is 1. The highest BCUT2D eigenvalue weighted by Gasteiger charge is 2.21. The number of hydrogen-bond donors (Lipinski definition) is 1. The summed E-state index contributed by atoms with van der Waals surface area (Å²) >= 11 is 0. The normalized spacial score (nSPS) is 20.4. The van der Waals surface area contributed by atoms with Crippen LogP contribution < -0.4 is 5.32 Å². The molecule has 2 rings (SSSR count). The first-order valence-corrected chi connectivity index (χ1v) is 5.86. The van der Waals surface area contributed by atoms with Crippen molar-refractivity contribution in [2.75, 3.05) is 19.6 Å². The Morgan fingerprint density at radius 2 is 2.24 bits per heavy atom. The number of nitrogens with zero attached hydrogens (tertiary/aromatic N) is 1. The van der Waals surface area contributed by atoms with Gasteiger partial charge in [-0.2, -0.15) is 0 Å². The number of nitrogens with one attached hydrogen (secondary N) is 1. The third kappa shape index (κ3) is 2.82. The molecule has 1 aromatic carbocycles. The molecule has 0 radical (unpaired) electrons. The average molecular weight is 236 g/mol. The van der Waals surface area contributed by atoms with Crippen molar-refractivity contribution >= 4 is 5.91 Å². The first-order chi connectivity index (χ1) is 8.06. The van der Waals surface area contributed by atoms with Crippen molar-refractivity contribution in [3.63, 3.8) is 0 Å². The molecule has 1 aromatic rings. The molecular weight excluding hydrogens is 219 g/mol. The van der Waals surface area contributed by atoms with Crippen LogP contribution in [0.2, 0.25) is 0 Å². The molecule has 4 heteroatoms. The number of aryl methyl sites for hydroxylation is 1. The molecule has 92 valence electrons. The summed E-state index contributed by atoms with van der Waals surface area (Å²) in [6.45, 7) is 5.98. The van der Waals surface area contributed by atoms with E-state index in [1.807, 2.05) is 6.92 Å². The minimum Gasteiger partial charge on any atom is -0.336 e. The van der Waals surface area contributed by atoms with E-state index < -0.39 is 0 Å². The Labute approximate surface area is 101 Å². The van der Waals surface area contributed by atoms with Crippen LogP contribution in [0.5, 0.6) is 0 Å². The van der Waals surface area contributed by atoms with Crippen molar-refractivity contribution in [1.29, 1.82) is 0 Å². The SMILES string of the molecule is Cc1cc(F)cc(C(=O)N2CCNC(C)C2)c1. The molecule has 0 aromatic heterocycles. The van der Waals surface area contributed by atoms with Crippen molar-refractivity contribution in [3.8, 4) is 0 Å². The minimum atomic E-state index is -0.350. The zero-order chi connectivity index (χ0) is 12.4. The molecule has 1 aliphatic rings. The van der Waals surface area contributed by atoms with Crippen LogP contribution in [0, 0.1) is 12.7 Å². The number of carbonyl (C=O) groups is 1. The second-order valence-electron chi connectivity index (χ2n) is 4.62. The van der Waals surface area contributed by atoms with Gasteiger partial charge in [0.05, 0.1) is 0 Å². The third-order valence-corrected chi connectivity index (χ3v) is 2.95. The number of rotatable bonds is 1. The van der Waals surface area contributed by atoms with Crippen LogP contribution in [0.25, 0.3) is 0 Å². The molecule has 0 saturated carbocycles. The number of amides is 1. The predicted molar refractivity (Wildman–Crippen MR) is 64.5 cm³/mol. The lowest BCUT2D eigenvalue weighted by molar-refractivity contribution is 0.0708. The zero-order valence-electron chi connectivity index (χ0n) is 10.2. The van der Waals surface area contributed by atoms with Gasteiger partial charge < -0.3 is 10.2 Å². The van der Waals surface area contributed by atoms with Crippen molar-refractivity contribution < 1.29 is 9.18 Å². The topological polar surface area (TPSA) is 32.3 Å². The van der Waals surface area contributed by atoms with Crippen molar-refractivity contribution in [2.24, 2.45) is 0 Å². The lowest BCUT2D eigenvalue weighted by Crippen LogP contribution is -2.51. The van der Waals surface area contributed by atoms with Crippen LogP contribution in [0.3, 0.4) is 0 Å². The van der Waals surface area contributed by atoms with Gasteiger partial charge in [-0.15, -0.1) is 0 Å². The first kappa shape index (κ1) is 12.0. The van der Waals surface area contributed by atoms with Gasteiger partial charge in [-0.25, -0.2) is 4.39 Å². The van der Waals surface area contributed by atoms with Gasteiger partial charge in [0.15, 0.2) is 0 Å². The van der Waals surface area contributed by atoms with Gasteiger partial charge >= 0.3 is 0 Å². The molecule has 1 unspecified atom stereocenters. The summed E-state index contributed by atoms with van der Waals surface area (Å²) in [5.41, 5.74) is 1.22. The molecule has 1 saturated heterocycles. The Hall–Kier alpha value is -1.42. The lowest BCUT2D eigenvalue weighted by atomic mass is 10.1. The van der Waals surface area contributed by atoms with Gasteiger partial charge in [0, 0.05) is 31.2 Å². The second-order valence-corrected chi connectivity index (χ2v) is 4.62. The van der Waals surface area contributed by atoms with E-state index in [1.165, 1.54) is 12.1 Å². The molecule has 1 fully saturated rings. The number of benzene rings is 1. The summed E-state index contributed by atoms with van der Waals surface area (Å²) < 4.78 is 13.2. The van der Waals surface area contributed by atoms with E-state index in [4.69, 9.17) is 0 Å².